The number of methoxy groups -OCH3 is 1. The van der Waals surface area contributed by atoms with Gasteiger partial charge in [0.15, 0.2) is 0 Å². The summed E-state index contributed by atoms with van der Waals surface area (Å²) in [5.74, 6) is -0.286. The fraction of sp³-hybridized carbons (Fsp3) is 0.138. The monoisotopic (exact) mass is 439 g/mol. The summed E-state index contributed by atoms with van der Waals surface area (Å²) in [5.41, 5.74) is 1.78. The molecule has 4 aromatic rings. The van der Waals surface area contributed by atoms with Gasteiger partial charge in [-0.2, -0.15) is 0 Å². The lowest BCUT2D eigenvalue weighted by molar-refractivity contribution is 0.0600. The van der Waals surface area contributed by atoms with Crippen LogP contribution in [0.5, 0.6) is 0 Å². The van der Waals surface area contributed by atoms with Crippen LogP contribution in [-0.4, -0.2) is 19.2 Å². The summed E-state index contributed by atoms with van der Waals surface area (Å²) in [7, 11) is -0.395. The highest BCUT2D eigenvalue weighted by atomic mass is 31.2. The highest BCUT2D eigenvalue weighted by Gasteiger charge is 2.44. The Balaban J connectivity index is 1.71. The van der Waals surface area contributed by atoms with Crippen molar-refractivity contribution in [3.05, 3.63) is 126 Å². The van der Waals surface area contributed by atoms with Gasteiger partial charge in [0.05, 0.1) is 18.8 Å². The van der Waals surface area contributed by atoms with Gasteiger partial charge in [-0.1, -0.05) is 66.7 Å². The molecule has 0 radical (unpaired) electrons. The van der Waals surface area contributed by atoms with Crippen molar-refractivity contribution in [2.45, 2.75) is 12.8 Å². The Kier molecular flexibility index (Phi) is 7.14. The first-order chi connectivity index (χ1) is 15.7. The highest BCUT2D eigenvalue weighted by Crippen LogP contribution is 2.55. The van der Waals surface area contributed by atoms with Crippen molar-refractivity contribution in [2.75, 3.05) is 13.3 Å². The quantitative estimate of drug-likeness (QED) is 0.271. The molecular formula is C29H28O2P+. The van der Waals surface area contributed by atoms with Gasteiger partial charge in [-0.15, -0.1) is 0 Å². The molecule has 2 nitrogen and oxygen atoms in total. The minimum absolute atomic E-state index is 0.286. The lowest BCUT2D eigenvalue weighted by Gasteiger charge is -2.27. The van der Waals surface area contributed by atoms with Gasteiger partial charge in [0.1, 0.15) is 23.2 Å². The van der Waals surface area contributed by atoms with Crippen molar-refractivity contribution >= 4 is 29.1 Å². The maximum Gasteiger partial charge on any atom is 0.337 e. The number of esters is 1. The Labute approximate surface area is 191 Å². The van der Waals surface area contributed by atoms with Gasteiger partial charge in [0.25, 0.3) is 0 Å². The highest BCUT2D eigenvalue weighted by molar-refractivity contribution is 7.95. The van der Waals surface area contributed by atoms with Crippen LogP contribution in [0.1, 0.15) is 22.3 Å². The molecule has 0 bridgehead atoms. The van der Waals surface area contributed by atoms with Crippen LogP contribution < -0.4 is 15.9 Å². The maximum absolute atomic E-state index is 11.9. The molecule has 32 heavy (non-hydrogen) atoms. The summed E-state index contributed by atoms with van der Waals surface area (Å²) in [5, 5.41) is 4.21. The summed E-state index contributed by atoms with van der Waals surface area (Å²) >= 11 is 0. The first-order valence-corrected chi connectivity index (χ1v) is 12.9. The molecule has 160 valence electrons. The Hall–Kier alpha value is -3.22. The minimum Gasteiger partial charge on any atom is -0.465 e. The normalized spacial score (nSPS) is 11.2. The van der Waals surface area contributed by atoms with E-state index in [1.54, 1.807) is 0 Å². The molecule has 0 unspecified atom stereocenters. The van der Waals surface area contributed by atoms with Crippen LogP contribution in [0.3, 0.4) is 0 Å². The average molecular weight is 440 g/mol. The van der Waals surface area contributed by atoms with Gasteiger partial charge in [-0.3, -0.25) is 0 Å². The number of hydrogen-bond acceptors (Lipinski definition) is 2. The second-order valence-corrected chi connectivity index (χ2v) is 11.5. The van der Waals surface area contributed by atoms with Crippen LogP contribution in [0.25, 0.3) is 0 Å². The van der Waals surface area contributed by atoms with Crippen molar-refractivity contribution in [3.8, 4) is 0 Å². The number of aryl methyl sites for hydroxylation is 1. The molecule has 0 spiro atoms. The maximum atomic E-state index is 11.9. The molecule has 0 amide bonds. The Morgan fingerprint density at radius 3 is 1.66 bits per heavy atom. The van der Waals surface area contributed by atoms with E-state index in [1.807, 2.05) is 18.2 Å². The van der Waals surface area contributed by atoms with Gasteiger partial charge >= 0.3 is 5.97 Å². The molecule has 4 rings (SSSR count). The average Bonchev–Trinajstić information content (AvgIpc) is 2.88. The molecule has 0 fully saturated rings. The molecular weight excluding hydrogens is 411 g/mol. The molecule has 0 N–H and O–H groups in total. The standard InChI is InChI=1S/C29H28O2P/c1-31-29(30)25-15-11-13-24(23-25)14-12-22-32(26-16-5-2-6-17-26,27-18-7-3-8-19-27)28-20-9-4-10-21-28/h2-11,13,15-21,23H,12,14,22H2,1H3/q+1. The van der Waals surface area contributed by atoms with E-state index in [1.165, 1.54) is 28.6 Å². The van der Waals surface area contributed by atoms with Crippen molar-refractivity contribution < 1.29 is 9.53 Å². The predicted molar refractivity (Wildman–Crippen MR) is 136 cm³/mol. The summed E-state index contributed by atoms with van der Waals surface area (Å²) in [6.07, 6.45) is 3.00. The van der Waals surface area contributed by atoms with Gasteiger partial charge in [0.2, 0.25) is 0 Å². The van der Waals surface area contributed by atoms with Gasteiger partial charge in [-0.25, -0.2) is 4.79 Å². The molecule has 0 aromatic heterocycles. The Bertz CT molecular complexity index is 1040. The Morgan fingerprint density at radius 1 is 0.688 bits per heavy atom. The summed E-state index contributed by atoms with van der Waals surface area (Å²) in [6.45, 7) is 0. The Morgan fingerprint density at radius 2 is 1.19 bits per heavy atom. The number of carbonyl (C=O) groups excluding carboxylic acids is 1. The van der Waals surface area contributed by atoms with E-state index in [-0.39, 0.29) is 5.97 Å². The zero-order valence-corrected chi connectivity index (χ0v) is 19.2. The molecule has 4 aromatic carbocycles. The number of ether oxygens (including phenoxy) is 1. The SMILES string of the molecule is COC(=O)c1cccc(CCC[P+](c2ccccc2)(c2ccccc2)c2ccccc2)c1. The smallest absolute Gasteiger partial charge is 0.337 e. The number of hydrogen-bond donors (Lipinski definition) is 0. The van der Waals surface area contributed by atoms with E-state index in [0.717, 1.165) is 19.0 Å². The van der Waals surface area contributed by atoms with Crippen LogP contribution in [0, 0.1) is 0 Å². The van der Waals surface area contributed by atoms with Crippen molar-refractivity contribution in [3.63, 3.8) is 0 Å². The van der Waals surface area contributed by atoms with Crippen LogP contribution >= 0.6 is 7.26 Å². The van der Waals surface area contributed by atoms with Crippen LogP contribution in [0.2, 0.25) is 0 Å². The molecule has 0 aliphatic rings. The van der Waals surface area contributed by atoms with Crippen LogP contribution in [0.15, 0.2) is 115 Å². The molecule has 0 aliphatic heterocycles. The molecule has 3 heteroatoms. The van der Waals surface area contributed by atoms with E-state index in [0.29, 0.717) is 5.56 Å². The van der Waals surface area contributed by atoms with Crippen molar-refractivity contribution in [2.24, 2.45) is 0 Å². The van der Waals surface area contributed by atoms with Gasteiger partial charge in [0, 0.05) is 0 Å². The molecule has 0 saturated heterocycles. The molecule has 0 atom stereocenters. The lowest BCUT2D eigenvalue weighted by Crippen LogP contribution is -2.33. The predicted octanol–water partition coefficient (Wildman–Crippen LogP) is 5.40. The largest absolute Gasteiger partial charge is 0.465 e. The number of carbonyl (C=O) groups is 1. The number of rotatable bonds is 8. The third-order valence-corrected chi connectivity index (χ3v) is 10.4. The third kappa shape index (κ3) is 4.66. The van der Waals surface area contributed by atoms with E-state index in [9.17, 15) is 4.79 Å². The first kappa shape index (κ1) is 22.0. The van der Waals surface area contributed by atoms with E-state index < -0.39 is 7.26 Å². The second kappa shape index (κ2) is 10.4. The lowest BCUT2D eigenvalue weighted by atomic mass is 10.1. The van der Waals surface area contributed by atoms with E-state index in [4.69, 9.17) is 4.74 Å². The molecule has 0 aliphatic carbocycles. The van der Waals surface area contributed by atoms with Crippen LogP contribution in [-0.2, 0) is 11.2 Å². The van der Waals surface area contributed by atoms with Crippen molar-refractivity contribution in [1.82, 2.24) is 0 Å². The fourth-order valence-corrected chi connectivity index (χ4v) is 8.72. The third-order valence-electron chi connectivity index (χ3n) is 5.90. The fourth-order valence-electron chi connectivity index (χ4n) is 4.37. The van der Waals surface area contributed by atoms with E-state index in [2.05, 4.69) is 97.1 Å². The summed E-state index contributed by atoms with van der Waals surface area (Å²) < 4.78 is 4.89. The second-order valence-electron chi connectivity index (χ2n) is 7.84. The van der Waals surface area contributed by atoms with Crippen LogP contribution in [0.4, 0.5) is 0 Å². The van der Waals surface area contributed by atoms with Crippen molar-refractivity contribution in [1.29, 1.82) is 0 Å². The summed E-state index contributed by atoms with van der Waals surface area (Å²) in [6, 6.07) is 40.7. The molecule has 0 heterocycles. The topological polar surface area (TPSA) is 26.3 Å². The zero-order chi connectivity index (χ0) is 22.2. The van der Waals surface area contributed by atoms with Gasteiger partial charge in [-0.05, 0) is 66.9 Å². The zero-order valence-electron chi connectivity index (χ0n) is 18.4. The molecule has 0 saturated carbocycles. The minimum atomic E-state index is -1.82. The number of benzene rings is 4. The van der Waals surface area contributed by atoms with Gasteiger partial charge < -0.3 is 4.74 Å². The first-order valence-electron chi connectivity index (χ1n) is 11.0. The summed E-state index contributed by atoms with van der Waals surface area (Å²) in [4.78, 5) is 11.9. The van der Waals surface area contributed by atoms with E-state index >= 15 is 0 Å².